The second-order valence-corrected chi connectivity index (χ2v) is 7.55. The smallest absolute Gasteiger partial charge is 0.324 e. The monoisotopic (exact) mass is 419 g/mol. The Morgan fingerprint density at radius 2 is 1.93 bits per heavy atom. The van der Waals surface area contributed by atoms with Gasteiger partial charge >= 0.3 is 6.18 Å². The average molecular weight is 419 g/mol. The number of thioether (sulfide) groups is 1. The third-order valence-corrected chi connectivity index (χ3v) is 5.25. The molecule has 0 atom stereocenters. The Kier molecular flexibility index (Phi) is 4.77. The van der Waals surface area contributed by atoms with Crippen LogP contribution in [-0.4, -0.2) is 40.0 Å². The van der Waals surface area contributed by atoms with Crippen LogP contribution in [0.15, 0.2) is 35.7 Å². The first-order valence-corrected chi connectivity index (χ1v) is 9.68. The first-order chi connectivity index (χ1) is 13.8. The molecule has 0 spiro atoms. The van der Waals surface area contributed by atoms with Crippen LogP contribution in [0.5, 0.6) is 0 Å². The summed E-state index contributed by atoms with van der Waals surface area (Å²) in [5.41, 5.74) is 0.625. The second kappa shape index (κ2) is 7.14. The number of aromatic nitrogens is 7. The minimum absolute atomic E-state index is 0.225. The minimum atomic E-state index is -4.54. The van der Waals surface area contributed by atoms with Gasteiger partial charge in [0.2, 0.25) is 0 Å². The summed E-state index contributed by atoms with van der Waals surface area (Å²) in [4.78, 5) is 17.7. The van der Waals surface area contributed by atoms with Gasteiger partial charge in [-0.25, -0.2) is 24.6 Å². The summed E-state index contributed by atoms with van der Waals surface area (Å²) in [5.74, 6) is 1.80. The van der Waals surface area contributed by atoms with Gasteiger partial charge in [-0.3, -0.25) is 0 Å². The maximum Gasteiger partial charge on any atom is 0.433 e. The zero-order valence-electron chi connectivity index (χ0n) is 15.8. The molecule has 0 radical (unpaired) electrons. The van der Waals surface area contributed by atoms with Crippen molar-refractivity contribution in [1.29, 1.82) is 0 Å². The molecule has 0 saturated heterocycles. The van der Waals surface area contributed by atoms with Gasteiger partial charge in [0, 0.05) is 11.9 Å². The number of pyridine rings is 2. The highest BCUT2D eigenvalue weighted by atomic mass is 32.2. The normalized spacial score (nSPS) is 12.1. The largest absolute Gasteiger partial charge is 0.433 e. The van der Waals surface area contributed by atoms with E-state index < -0.39 is 11.9 Å². The number of alkyl halides is 3. The lowest BCUT2D eigenvalue weighted by molar-refractivity contribution is -0.141. The van der Waals surface area contributed by atoms with E-state index in [2.05, 4.69) is 25.0 Å². The third-order valence-electron chi connectivity index (χ3n) is 4.33. The fourth-order valence-corrected chi connectivity index (χ4v) is 3.87. The van der Waals surface area contributed by atoms with Gasteiger partial charge in [0.05, 0.1) is 16.7 Å². The molecule has 0 aliphatic carbocycles. The number of nitrogens with zero attached hydrogens (tertiary/aromatic N) is 7. The van der Waals surface area contributed by atoms with Crippen LogP contribution in [0.1, 0.15) is 18.3 Å². The number of halogens is 3. The molecule has 4 aromatic rings. The van der Waals surface area contributed by atoms with E-state index in [0.29, 0.717) is 22.9 Å². The molecule has 0 unspecified atom stereocenters. The van der Waals surface area contributed by atoms with Crippen molar-refractivity contribution in [3.05, 3.63) is 42.2 Å². The number of imidazole rings is 1. The van der Waals surface area contributed by atoms with Crippen molar-refractivity contribution < 1.29 is 13.2 Å². The summed E-state index contributed by atoms with van der Waals surface area (Å²) >= 11 is 1.58. The van der Waals surface area contributed by atoms with E-state index in [1.807, 2.05) is 19.1 Å². The number of rotatable bonds is 4. The van der Waals surface area contributed by atoms with E-state index in [1.165, 1.54) is 17.3 Å². The molecular formula is C18H16F3N7S. The molecule has 0 N–H and O–H groups in total. The summed E-state index contributed by atoms with van der Waals surface area (Å²) in [6, 6.07) is 4.69. The maximum atomic E-state index is 13.2. The summed E-state index contributed by atoms with van der Waals surface area (Å²) in [7, 11) is 1.75. The van der Waals surface area contributed by atoms with Crippen LogP contribution >= 0.6 is 11.8 Å². The molecule has 4 heterocycles. The van der Waals surface area contributed by atoms with E-state index in [0.717, 1.165) is 16.7 Å². The zero-order chi connectivity index (χ0) is 20.8. The molecule has 0 bridgehead atoms. The van der Waals surface area contributed by atoms with Crippen molar-refractivity contribution >= 4 is 22.8 Å². The summed E-state index contributed by atoms with van der Waals surface area (Å²) in [6.45, 7) is 3.56. The minimum Gasteiger partial charge on any atom is -0.324 e. The van der Waals surface area contributed by atoms with E-state index in [4.69, 9.17) is 0 Å². The zero-order valence-corrected chi connectivity index (χ0v) is 16.6. The van der Waals surface area contributed by atoms with Gasteiger partial charge < -0.3 is 4.57 Å². The Labute approximate surface area is 168 Å². The summed E-state index contributed by atoms with van der Waals surface area (Å²) in [5, 5.41) is 4.09. The lowest BCUT2D eigenvalue weighted by Gasteiger charge is -2.10. The van der Waals surface area contributed by atoms with Crippen LogP contribution < -0.4 is 0 Å². The first kappa shape index (κ1) is 19.4. The average Bonchev–Trinajstić information content (AvgIpc) is 3.30. The van der Waals surface area contributed by atoms with E-state index in [1.54, 1.807) is 30.3 Å². The standard InChI is InChI=1S/C18H16F3N7S/c1-4-29-12-5-6-14(28-9-22-8-23-28)26-15(12)17-25-11-7-13(18(19,20)21)24-10(2)16(11)27(17)3/h5-9H,4H2,1-3H3. The van der Waals surface area contributed by atoms with Crippen molar-refractivity contribution in [1.82, 2.24) is 34.3 Å². The van der Waals surface area contributed by atoms with E-state index in [-0.39, 0.29) is 11.2 Å². The molecule has 0 aliphatic heterocycles. The van der Waals surface area contributed by atoms with Gasteiger partial charge in [-0.2, -0.15) is 18.3 Å². The lowest BCUT2D eigenvalue weighted by atomic mass is 10.2. The molecule has 4 rings (SSSR count). The summed E-state index contributed by atoms with van der Waals surface area (Å²) < 4.78 is 42.8. The van der Waals surface area contributed by atoms with Crippen LogP contribution in [0.25, 0.3) is 28.4 Å². The highest BCUT2D eigenvalue weighted by molar-refractivity contribution is 7.99. The fraction of sp³-hybridized carbons (Fsp3) is 0.278. The highest BCUT2D eigenvalue weighted by Gasteiger charge is 2.34. The van der Waals surface area contributed by atoms with Crippen LogP contribution in [0, 0.1) is 6.92 Å². The molecule has 11 heteroatoms. The molecule has 7 nitrogen and oxygen atoms in total. The van der Waals surface area contributed by atoms with Crippen molar-refractivity contribution in [2.45, 2.75) is 24.9 Å². The fourth-order valence-electron chi connectivity index (χ4n) is 3.12. The van der Waals surface area contributed by atoms with Crippen LogP contribution in [0.4, 0.5) is 13.2 Å². The number of hydrogen-bond acceptors (Lipinski definition) is 6. The van der Waals surface area contributed by atoms with E-state index in [9.17, 15) is 13.2 Å². The van der Waals surface area contributed by atoms with Gasteiger partial charge in [0.1, 0.15) is 24.0 Å². The molecular weight excluding hydrogens is 403 g/mol. The highest BCUT2D eigenvalue weighted by Crippen LogP contribution is 2.35. The Morgan fingerprint density at radius 1 is 1.14 bits per heavy atom. The van der Waals surface area contributed by atoms with Crippen LogP contribution in [0.2, 0.25) is 0 Å². The lowest BCUT2D eigenvalue weighted by Crippen LogP contribution is -2.09. The topological polar surface area (TPSA) is 74.3 Å². The third kappa shape index (κ3) is 3.46. The first-order valence-electron chi connectivity index (χ1n) is 8.70. The molecule has 0 saturated carbocycles. The SMILES string of the molecule is CCSc1ccc(-n2cncn2)nc1-c1nc2cc(C(F)(F)F)nc(C)c2n1C. The van der Waals surface area contributed by atoms with Crippen molar-refractivity contribution in [3.63, 3.8) is 0 Å². The van der Waals surface area contributed by atoms with Crippen LogP contribution in [0.3, 0.4) is 0 Å². The van der Waals surface area contributed by atoms with Gasteiger partial charge in [-0.1, -0.05) is 6.92 Å². The Hall–Kier alpha value is -2.95. The predicted molar refractivity (Wildman–Crippen MR) is 103 cm³/mol. The molecule has 4 aromatic heterocycles. The number of fused-ring (bicyclic) bond motifs is 1. The molecule has 29 heavy (non-hydrogen) atoms. The Morgan fingerprint density at radius 3 is 2.59 bits per heavy atom. The van der Waals surface area contributed by atoms with Gasteiger partial charge in [0.25, 0.3) is 0 Å². The molecule has 150 valence electrons. The molecule has 0 fully saturated rings. The summed E-state index contributed by atoms with van der Waals surface area (Å²) in [6.07, 6.45) is -1.61. The van der Waals surface area contributed by atoms with Crippen molar-refractivity contribution in [3.8, 4) is 17.3 Å². The van der Waals surface area contributed by atoms with Crippen LogP contribution in [-0.2, 0) is 13.2 Å². The quantitative estimate of drug-likeness (QED) is 0.465. The van der Waals surface area contributed by atoms with Crippen molar-refractivity contribution in [2.75, 3.05) is 5.75 Å². The Balaban J connectivity index is 1.95. The van der Waals surface area contributed by atoms with Gasteiger partial charge in [-0.15, -0.1) is 11.8 Å². The predicted octanol–water partition coefficient (Wildman–Crippen LogP) is 4.05. The second-order valence-electron chi connectivity index (χ2n) is 6.24. The molecule has 0 amide bonds. The maximum absolute atomic E-state index is 13.2. The molecule has 0 aliphatic rings. The number of aryl methyl sites for hydroxylation is 2. The Bertz CT molecular complexity index is 1180. The van der Waals surface area contributed by atoms with E-state index >= 15 is 0 Å². The van der Waals surface area contributed by atoms with Gasteiger partial charge in [0.15, 0.2) is 11.6 Å². The number of hydrogen-bond donors (Lipinski definition) is 0. The van der Waals surface area contributed by atoms with Crippen molar-refractivity contribution in [2.24, 2.45) is 7.05 Å². The molecule has 0 aromatic carbocycles. The van der Waals surface area contributed by atoms with Gasteiger partial charge in [-0.05, 0) is 30.9 Å².